The van der Waals surface area contributed by atoms with Crippen molar-refractivity contribution in [2.45, 2.75) is 58.1 Å². The first-order chi connectivity index (χ1) is 12.1. The Morgan fingerprint density at radius 1 is 1.31 bits per heavy atom. The molecule has 6 heteroatoms. The monoisotopic (exact) mass is 378 g/mol. The van der Waals surface area contributed by atoms with E-state index in [0.29, 0.717) is 23.7 Å². The number of carbonyl (C=O) groups is 2. The van der Waals surface area contributed by atoms with E-state index in [-0.39, 0.29) is 24.0 Å². The van der Waals surface area contributed by atoms with Crippen LogP contribution in [-0.2, 0) is 11.2 Å². The van der Waals surface area contributed by atoms with E-state index in [9.17, 15) is 9.59 Å². The molecule has 3 rings (SSSR count). The summed E-state index contributed by atoms with van der Waals surface area (Å²) in [5.41, 5.74) is 2.16. The number of aryl methyl sites for hydroxylation is 1. The van der Waals surface area contributed by atoms with Crippen LogP contribution in [0.1, 0.15) is 61.5 Å². The molecule has 5 nitrogen and oxygen atoms in total. The highest BCUT2D eigenvalue weighted by molar-refractivity contribution is 6.34. The number of fused-ring (bicyclic) bond motifs is 3. The minimum atomic E-state index is -0.540. The number of amides is 2. The number of hydrogen-bond donors (Lipinski definition) is 0. The Kier molecular flexibility index (Phi) is 4.95. The van der Waals surface area contributed by atoms with Gasteiger partial charge >= 0.3 is 6.09 Å². The highest BCUT2D eigenvalue weighted by atomic mass is 35.5. The summed E-state index contributed by atoms with van der Waals surface area (Å²) >= 11 is 6.47. The summed E-state index contributed by atoms with van der Waals surface area (Å²) in [6.45, 7) is 8.71. The SMILES string of the molecule is CCCc1cc(Cl)c2c(c1)C1CN(C(=O)OC(C)(C)C)CC1N(C)C2=O. The summed E-state index contributed by atoms with van der Waals surface area (Å²) in [4.78, 5) is 28.8. The molecule has 2 heterocycles. The Hall–Kier alpha value is -1.75. The van der Waals surface area contributed by atoms with Gasteiger partial charge in [-0.15, -0.1) is 0 Å². The number of rotatable bonds is 2. The van der Waals surface area contributed by atoms with Crippen LogP contribution >= 0.6 is 11.6 Å². The molecular weight excluding hydrogens is 352 g/mol. The summed E-state index contributed by atoms with van der Waals surface area (Å²) < 4.78 is 5.52. The third kappa shape index (κ3) is 3.41. The highest BCUT2D eigenvalue weighted by Crippen LogP contribution is 2.41. The molecule has 142 valence electrons. The van der Waals surface area contributed by atoms with Crippen molar-refractivity contribution < 1.29 is 14.3 Å². The molecule has 2 atom stereocenters. The zero-order valence-corrected chi connectivity index (χ0v) is 16.9. The van der Waals surface area contributed by atoms with Crippen molar-refractivity contribution in [1.29, 1.82) is 0 Å². The van der Waals surface area contributed by atoms with E-state index in [0.717, 1.165) is 24.0 Å². The number of benzene rings is 1. The maximum atomic E-state index is 12.9. The van der Waals surface area contributed by atoms with Gasteiger partial charge in [-0.25, -0.2) is 4.79 Å². The van der Waals surface area contributed by atoms with Gasteiger partial charge in [-0.1, -0.05) is 31.0 Å². The molecule has 0 saturated carbocycles. The fourth-order valence-electron chi connectivity index (χ4n) is 3.92. The largest absolute Gasteiger partial charge is 0.444 e. The Bertz CT molecular complexity index is 741. The summed E-state index contributed by atoms with van der Waals surface area (Å²) in [7, 11) is 1.79. The standard InChI is InChI=1S/C20H27ClN2O3/c1-6-7-12-8-13-14-10-23(19(25)26-20(2,3)4)11-16(14)22(5)18(24)17(13)15(21)9-12/h8-9,14,16H,6-7,10-11H2,1-5H3. The van der Waals surface area contributed by atoms with Gasteiger partial charge in [-0.05, 0) is 44.4 Å². The predicted molar refractivity (Wildman–Crippen MR) is 102 cm³/mol. The molecule has 26 heavy (non-hydrogen) atoms. The van der Waals surface area contributed by atoms with E-state index in [1.165, 1.54) is 0 Å². The maximum absolute atomic E-state index is 12.9. The van der Waals surface area contributed by atoms with Crippen molar-refractivity contribution in [3.05, 3.63) is 33.8 Å². The number of halogens is 1. The van der Waals surface area contributed by atoms with Crippen LogP contribution in [0.15, 0.2) is 12.1 Å². The second kappa shape index (κ2) is 6.76. The van der Waals surface area contributed by atoms with Crippen molar-refractivity contribution in [3.63, 3.8) is 0 Å². The lowest BCUT2D eigenvalue weighted by atomic mass is 9.84. The Morgan fingerprint density at radius 2 is 2.00 bits per heavy atom. The molecule has 0 radical (unpaired) electrons. The third-order valence-electron chi connectivity index (χ3n) is 5.09. The molecule has 2 amide bonds. The van der Waals surface area contributed by atoms with Crippen LogP contribution in [0.5, 0.6) is 0 Å². The van der Waals surface area contributed by atoms with Crippen LogP contribution in [-0.4, -0.2) is 53.6 Å². The van der Waals surface area contributed by atoms with E-state index in [1.54, 1.807) is 16.8 Å². The van der Waals surface area contributed by atoms with E-state index >= 15 is 0 Å². The minimum Gasteiger partial charge on any atom is -0.444 e. The molecule has 0 aliphatic carbocycles. The lowest BCUT2D eigenvalue weighted by molar-refractivity contribution is 0.0279. The number of carbonyl (C=O) groups excluding carboxylic acids is 2. The van der Waals surface area contributed by atoms with E-state index in [1.807, 2.05) is 26.8 Å². The van der Waals surface area contributed by atoms with Gasteiger partial charge in [0.15, 0.2) is 0 Å². The summed E-state index contributed by atoms with van der Waals surface area (Å²) in [5.74, 6) is -0.00476. The van der Waals surface area contributed by atoms with Crippen LogP contribution < -0.4 is 0 Å². The molecule has 0 aromatic heterocycles. The Morgan fingerprint density at radius 3 is 2.62 bits per heavy atom. The van der Waals surface area contributed by atoms with Gasteiger partial charge in [0.05, 0.1) is 16.6 Å². The number of likely N-dealkylation sites (N-methyl/N-ethyl adjacent to an activating group) is 1. The van der Waals surface area contributed by atoms with Crippen LogP contribution in [0.3, 0.4) is 0 Å². The van der Waals surface area contributed by atoms with Crippen LogP contribution in [0, 0.1) is 0 Å². The third-order valence-corrected chi connectivity index (χ3v) is 5.39. The van der Waals surface area contributed by atoms with Crippen molar-refractivity contribution in [1.82, 2.24) is 9.80 Å². The number of ether oxygens (including phenoxy) is 1. The molecule has 1 aromatic rings. The summed E-state index contributed by atoms with van der Waals surface area (Å²) in [6.07, 6.45) is 1.61. The minimum absolute atomic E-state index is 0.0459. The van der Waals surface area contributed by atoms with Gasteiger partial charge in [0.25, 0.3) is 5.91 Å². The molecule has 0 spiro atoms. The van der Waals surface area contributed by atoms with Gasteiger partial charge in [0.1, 0.15) is 5.60 Å². The zero-order chi connectivity index (χ0) is 19.2. The lowest BCUT2D eigenvalue weighted by Gasteiger charge is -2.36. The van der Waals surface area contributed by atoms with Crippen LogP contribution in [0.2, 0.25) is 5.02 Å². The molecule has 1 aromatic carbocycles. The predicted octanol–water partition coefficient (Wildman–Crippen LogP) is 4.08. The average Bonchev–Trinajstić information content (AvgIpc) is 2.96. The lowest BCUT2D eigenvalue weighted by Crippen LogP contribution is -2.46. The first kappa shape index (κ1) is 19.0. The van der Waals surface area contributed by atoms with Gasteiger partial charge in [0, 0.05) is 26.1 Å². The second-order valence-electron chi connectivity index (χ2n) is 8.27. The van der Waals surface area contributed by atoms with Crippen LogP contribution in [0.4, 0.5) is 4.79 Å². The molecule has 2 unspecified atom stereocenters. The molecule has 0 bridgehead atoms. The Labute approximate surface area is 160 Å². The maximum Gasteiger partial charge on any atom is 0.410 e. The average molecular weight is 379 g/mol. The number of nitrogens with zero attached hydrogens (tertiary/aromatic N) is 2. The fraction of sp³-hybridized carbons (Fsp3) is 0.600. The Balaban J connectivity index is 1.95. The van der Waals surface area contributed by atoms with Crippen LogP contribution in [0.25, 0.3) is 0 Å². The first-order valence-electron chi connectivity index (χ1n) is 9.19. The molecule has 2 aliphatic heterocycles. The van der Waals surface area contributed by atoms with Crippen molar-refractivity contribution in [2.75, 3.05) is 20.1 Å². The summed E-state index contributed by atoms with van der Waals surface area (Å²) in [6, 6.07) is 3.96. The molecular formula is C20H27ClN2O3. The van der Waals surface area contributed by atoms with Gasteiger partial charge < -0.3 is 14.5 Å². The molecule has 1 fully saturated rings. The second-order valence-corrected chi connectivity index (χ2v) is 8.67. The normalized spacial score (nSPS) is 22.3. The van der Waals surface area contributed by atoms with Gasteiger partial charge in [0.2, 0.25) is 0 Å². The van der Waals surface area contributed by atoms with E-state index in [4.69, 9.17) is 16.3 Å². The van der Waals surface area contributed by atoms with Crippen molar-refractivity contribution in [2.24, 2.45) is 0 Å². The molecule has 2 aliphatic rings. The topological polar surface area (TPSA) is 49.9 Å². The highest BCUT2D eigenvalue weighted by Gasteiger charge is 2.46. The summed E-state index contributed by atoms with van der Waals surface area (Å²) in [5, 5.41) is 0.511. The van der Waals surface area contributed by atoms with Gasteiger partial charge in [-0.2, -0.15) is 0 Å². The smallest absolute Gasteiger partial charge is 0.410 e. The number of hydrogen-bond acceptors (Lipinski definition) is 3. The van der Waals surface area contributed by atoms with E-state index in [2.05, 4.69) is 13.0 Å². The molecule has 1 saturated heterocycles. The first-order valence-corrected chi connectivity index (χ1v) is 9.57. The zero-order valence-electron chi connectivity index (χ0n) is 16.1. The van der Waals surface area contributed by atoms with E-state index < -0.39 is 5.60 Å². The molecule has 0 N–H and O–H groups in total. The number of likely N-dealkylation sites (tertiary alicyclic amines) is 1. The fourth-order valence-corrected chi connectivity index (χ4v) is 4.25. The quantitative estimate of drug-likeness (QED) is 0.779. The van der Waals surface area contributed by atoms with Crippen molar-refractivity contribution in [3.8, 4) is 0 Å². The van der Waals surface area contributed by atoms with Gasteiger partial charge in [-0.3, -0.25) is 4.79 Å². The van der Waals surface area contributed by atoms with Crippen molar-refractivity contribution >= 4 is 23.6 Å².